The molecule has 4 nitrogen and oxygen atoms in total. The summed E-state index contributed by atoms with van der Waals surface area (Å²) in [6.07, 6.45) is 1.52. The number of amides is 2. The van der Waals surface area contributed by atoms with Gasteiger partial charge in [0.15, 0.2) is 0 Å². The summed E-state index contributed by atoms with van der Waals surface area (Å²) in [5, 5.41) is 0.263. The second-order valence-corrected chi connectivity index (χ2v) is 5.91. The molecule has 1 aliphatic heterocycles. The van der Waals surface area contributed by atoms with Gasteiger partial charge in [-0.05, 0) is 30.5 Å². The van der Waals surface area contributed by atoms with E-state index in [2.05, 4.69) is 0 Å². The fraction of sp³-hybridized carbons (Fsp3) is 0.467. The van der Waals surface area contributed by atoms with Gasteiger partial charge in [0.05, 0.1) is 5.56 Å². The number of nitrogens with zero attached hydrogens (tertiary/aromatic N) is 2. The van der Waals surface area contributed by atoms with Crippen LogP contribution < -0.4 is 0 Å². The van der Waals surface area contributed by atoms with E-state index in [-0.39, 0.29) is 28.5 Å². The fourth-order valence-corrected chi connectivity index (χ4v) is 3.00. The first-order chi connectivity index (χ1) is 9.93. The summed E-state index contributed by atoms with van der Waals surface area (Å²) in [4.78, 5) is 26.5. The molecule has 1 aliphatic rings. The Labute approximate surface area is 128 Å². The van der Waals surface area contributed by atoms with Crippen LogP contribution in [0.3, 0.4) is 0 Å². The molecule has 21 heavy (non-hydrogen) atoms. The molecule has 2 atom stereocenters. The van der Waals surface area contributed by atoms with E-state index >= 15 is 0 Å². The Balaban J connectivity index is 2.14. The lowest BCUT2D eigenvalue weighted by atomic mass is 9.92. The van der Waals surface area contributed by atoms with E-state index < -0.39 is 5.82 Å². The third-order valence-corrected chi connectivity index (χ3v) is 4.25. The molecule has 0 N–H and O–H groups in total. The zero-order chi connectivity index (χ0) is 15.6. The van der Waals surface area contributed by atoms with Crippen molar-refractivity contribution in [1.82, 2.24) is 9.80 Å². The molecule has 1 saturated heterocycles. The second kappa shape index (κ2) is 6.43. The van der Waals surface area contributed by atoms with E-state index in [9.17, 15) is 14.0 Å². The monoisotopic (exact) mass is 312 g/mol. The average molecular weight is 313 g/mol. The van der Waals surface area contributed by atoms with Crippen LogP contribution in [-0.4, -0.2) is 48.3 Å². The summed E-state index contributed by atoms with van der Waals surface area (Å²) in [6.45, 7) is 3.20. The zero-order valence-electron chi connectivity index (χ0n) is 12.1. The summed E-state index contributed by atoms with van der Waals surface area (Å²) in [7, 11) is 1.67. The van der Waals surface area contributed by atoms with Gasteiger partial charge < -0.3 is 9.80 Å². The molecule has 2 rings (SSSR count). The summed E-state index contributed by atoms with van der Waals surface area (Å²) in [6, 6.07) is 4.04. The maximum Gasteiger partial charge on any atom is 0.256 e. The van der Waals surface area contributed by atoms with Crippen molar-refractivity contribution < 1.29 is 14.0 Å². The van der Waals surface area contributed by atoms with Gasteiger partial charge in [-0.3, -0.25) is 9.59 Å². The highest BCUT2D eigenvalue weighted by Crippen LogP contribution is 2.23. The Morgan fingerprint density at radius 3 is 2.81 bits per heavy atom. The van der Waals surface area contributed by atoms with E-state index in [4.69, 9.17) is 11.6 Å². The molecular formula is C15H18ClFN2O2. The summed E-state index contributed by atoms with van der Waals surface area (Å²) in [5.41, 5.74) is 0.0203. The number of piperidine rings is 1. The molecular weight excluding hydrogens is 295 g/mol. The van der Waals surface area contributed by atoms with Crippen LogP contribution >= 0.6 is 11.6 Å². The molecule has 0 aliphatic carbocycles. The molecule has 2 unspecified atom stereocenters. The van der Waals surface area contributed by atoms with Crippen molar-refractivity contribution in [3.63, 3.8) is 0 Å². The van der Waals surface area contributed by atoms with Gasteiger partial charge in [0.25, 0.3) is 5.91 Å². The number of rotatable bonds is 3. The Hall–Kier alpha value is -1.62. The maximum atomic E-state index is 13.9. The second-order valence-electron chi connectivity index (χ2n) is 5.47. The van der Waals surface area contributed by atoms with Gasteiger partial charge in [-0.1, -0.05) is 18.5 Å². The van der Waals surface area contributed by atoms with E-state index in [1.54, 1.807) is 16.8 Å². The van der Waals surface area contributed by atoms with Gasteiger partial charge in [0.2, 0.25) is 6.41 Å². The molecule has 0 spiro atoms. The van der Waals surface area contributed by atoms with Crippen LogP contribution in [0.5, 0.6) is 0 Å². The van der Waals surface area contributed by atoms with Crippen LogP contribution in [0.25, 0.3) is 0 Å². The predicted molar refractivity (Wildman–Crippen MR) is 78.7 cm³/mol. The van der Waals surface area contributed by atoms with Crippen molar-refractivity contribution in [2.24, 2.45) is 5.92 Å². The molecule has 114 valence electrons. The molecule has 1 aromatic rings. The lowest BCUT2D eigenvalue weighted by Gasteiger charge is -2.40. The molecule has 2 amide bonds. The van der Waals surface area contributed by atoms with Gasteiger partial charge in [-0.15, -0.1) is 0 Å². The number of carbonyl (C=O) groups is 2. The normalized spacial score (nSPS) is 22.0. The minimum atomic E-state index is -0.614. The third-order valence-electron chi connectivity index (χ3n) is 4.02. The highest BCUT2D eigenvalue weighted by Gasteiger charge is 2.31. The summed E-state index contributed by atoms with van der Waals surface area (Å²) >= 11 is 5.70. The van der Waals surface area contributed by atoms with Crippen LogP contribution in [0, 0.1) is 11.7 Å². The number of hydrogen-bond donors (Lipinski definition) is 0. The third kappa shape index (κ3) is 3.35. The van der Waals surface area contributed by atoms with Gasteiger partial charge in [-0.2, -0.15) is 0 Å². The van der Waals surface area contributed by atoms with Crippen molar-refractivity contribution in [3.8, 4) is 0 Å². The zero-order valence-corrected chi connectivity index (χ0v) is 12.8. The molecule has 1 heterocycles. The van der Waals surface area contributed by atoms with Crippen LogP contribution in [0.15, 0.2) is 18.2 Å². The molecule has 0 saturated carbocycles. The van der Waals surface area contributed by atoms with Crippen molar-refractivity contribution >= 4 is 23.9 Å². The first kappa shape index (κ1) is 15.8. The Morgan fingerprint density at radius 2 is 2.24 bits per heavy atom. The van der Waals surface area contributed by atoms with Crippen molar-refractivity contribution in [2.75, 3.05) is 20.1 Å². The first-order valence-electron chi connectivity index (χ1n) is 6.85. The molecule has 1 fully saturated rings. The predicted octanol–water partition coefficient (Wildman–Crippen LogP) is 2.42. The van der Waals surface area contributed by atoms with E-state index in [1.165, 1.54) is 12.1 Å². The SMILES string of the molecule is CC1CN(C=O)CCC1N(C)C(=O)c1ccc(Cl)cc1F. The number of hydrogen-bond acceptors (Lipinski definition) is 2. The molecule has 6 heteroatoms. The number of carbonyl (C=O) groups excluding carboxylic acids is 2. The summed E-state index contributed by atoms with van der Waals surface area (Å²) < 4.78 is 13.9. The molecule has 0 radical (unpaired) electrons. The highest BCUT2D eigenvalue weighted by atomic mass is 35.5. The molecule has 0 bridgehead atoms. The van der Waals surface area contributed by atoms with E-state index in [0.29, 0.717) is 19.5 Å². The fourth-order valence-electron chi connectivity index (χ4n) is 2.84. The van der Waals surface area contributed by atoms with Gasteiger partial charge >= 0.3 is 0 Å². The lowest BCUT2D eigenvalue weighted by Crippen LogP contribution is -2.50. The quantitative estimate of drug-likeness (QED) is 0.804. The Morgan fingerprint density at radius 1 is 1.52 bits per heavy atom. The first-order valence-corrected chi connectivity index (χ1v) is 7.23. The minimum Gasteiger partial charge on any atom is -0.345 e. The van der Waals surface area contributed by atoms with Gasteiger partial charge in [-0.25, -0.2) is 4.39 Å². The van der Waals surface area contributed by atoms with Gasteiger partial charge in [0.1, 0.15) is 5.82 Å². The van der Waals surface area contributed by atoms with Crippen LogP contribution in [0.4, 0.5) is 4.39 Å². The number of halogens is 2. The van der Waals surface area contributed by atoms with Crippen LogP contribution in [0.2, 0.25) is 5.02 Å². The Kier molecular flexibility index (Phi) is 4.83. The highest BCUT2D eigenvalue weighted by molar-refractivity contribution is 6.30. The van der Waals surface area contributed by atoms with Gasteiger partial charge in [0, 0.05) is 31.2 Å². The van der Waals surface area contributed by atoms with Crippen LogP contribution in [-0.2, 0) is 4.79 Å². The maximum absolute atomic E-state index is 13.9. The van der Waals surface area contributed by atoms with E-state index in [1.807, 2.05) is 6.92 Å². The lowest BCUT2D eigenvalue weighted by molar-refractivity contribution is -0.120. The molecule has 1 aromatic carbocycles. The van der Waals surface area contributed by atoms with Crippen molar-refractivity contribution in [3.05, 3.63) is 34.6 Å². The Bertz CT molecular complexity index is 552. The summed E-state index contributed by atoms with van der Waals surface area (Å²) in [5.74, 6) is -0.828. The number of likely N-dealkylation sites (tertiary alicyclic amines) is 1. The van der Waals surface area contributed by atoms with Crippen molar-refractivity contribution in [1.29, 1.82) is 0 Å². The standard InChI is InChI=1S/C15H18ClFN2O2/c1-10-8-19(9-20)6-5-14(10)18(2)15(21)12-4-3-11(16)7-13(12)17/h3-4,7,9-10,14H,5-6,8H2,1-2H3. The number of benzene rings is 1. The largest absolute Gasteiger partial charge is 0.345 e. The average Bonchev–Trinajstić information content (AvgIpc) is 2.45. The van der Waals surface area contributed by atoms with Crippen molar-refractivity contribution in [2.45, 2.75) is 19.4 Å². The van der Waals surface area contributed by atoms with Crippen LogP contribution in [0.1, 0.15) is 23.7 Å². The minimum absolute atomic E-state index is 0.0104. The van der Waals surface area contributed by atoms with E-state index in [0.717, 1.165) is 12.5 Å². The topological polar surface area (TPSA) is 40.6 Å². The molecule has 0 aromatic heterocycles. The smallest absolute Gasteiger partial charge is 0.256 e.